The summed E-state index contributed by atoms with van der Waals surface area (Å²) < 4.78 is 8.30. The molecule has 1 N–H and O–H groups in total. The number of aromatic nitrogens is 4. The lowest BCUT2D eigenvalue weighted by molar-refractivity contribution is 0.0844. The minimum absolute atomic E-state index is 0.292. The highest BCUT2D eigenvalue weighted by Crippen LogP contribution is 2.38. The molecule has 0 bridgehead atoms. The van der Waals surface area contributed by atoms with Gasteiger partial charge in [-0.05, 0) is 74.9 Å². The number of fused-ring (bicyclic) bond motifs is 2. The van der Waals surface area contributed by atoms with Gasteiger partial charge >= 0.3 is 0 Å². The predicted octanol–water partition coefficient (Wildman–Crippen LogP) is 5.56. The van der Waals surface area contributed by atoms with Gasteiger partial charge in [0.1, 0.15) is 18.2 Å². The van der Waals surface area contributed by atoms with Crippen molar-refractivity contribution in [2.45, 2.75) is 65.5 Å². The Kier molecular flexibility index (Phi) is 5.41. The van der Waals surface area contributed by atoms with Crippen LogP contribution in [0.3, 0.4) is 0 Å². The molecule has 4 heterocycles. The molecule has 168 valence electrons. The Bertz CT molecular complexity index is 1240. The average molecular weight is 432 g/mol. The highest BCUT2D eigenvalue weighted by Gasteiger charge is 2.23. The number of pyridine rings is 1. The van der Waals surface area contributed by atoms with Crippen molar-refractivity contribution in [3.8, 4) is 17.0 Å². The number of hydrogen-bond donors (Lipinski definition) is 1. The van der Waals surface area contributed by atoms with E-state index in [2.05, 4.69) is 85.0 Å². The first kappa shape index (κ1) is 21.0. The Hall–Kier alpha value is -2.86. The number of piperidine rings is 1. The fourth-order valence-corrected chi connectivity index (χ4v) is 5.03. The molecule has 1 saturated heterocycles. The molecule has 0 saturated carbocycles. The van der Waals surface area contributed by atoms with Crippen LogP contribution >= 0.6 is 0 Å². The van der Waals surface area contributed by atoms with E-state index < -0.39 is 0 Å². The molecule has 1 aliphatic rings. The van der Waals surface area contributed by atoms with Crippen LogP contribution in [0.25, 0.3) is 27.8 Å². The summed E-state index contributed by atoms with van der Waals surface area (Å²) in [6.45, 7) is 13.4. The molecule has 5 rings (SSSR count). The van der Waals surface area contributed by atoms with Gasteiger partial charge in [-0.1, -0.05) is 13.8 Å². The second-order valence-corrected chi connectivity index (χ2v) is 9.66. The van der Waals surface area contributed by atoms with Crippen molar-refractivity contribution in [1.82, 2.24) is 24.5 Å². The molecule has 1 aliphatic heterocycles. The van der Waals surface area contributed by atoms with Gasteiger partial charge in [-0.25, -0.2) is 9.50 Å². The van der Waals surface area contributed by atoms with Crippen LogP contribution in [0.1, 0.15) is 57.6 Å². The highest BCUT2D eigenvalue weighted by atomic mass is 16.5. The summed E-state index contributed by atoms with van der Waals surface area (Å²) in [5.74, 6) is 1.34. The van der Waals surface area contributed by atoms with Gasteiger partial charge in [0.15, 0.2) is 5.65 Å². The molecule has 6 nitrogen and oxygen atoms in total. The van der Waals surface area contributed by atoms with Crippen LogP contribution in [0, 0.1) is 6.92 Å². The van der Waals surface area contributed by atoms with Crippen LogP contribution in [0.4, 0.5) is 0 Å². The molecule has 0 amide bonds. The summed E-state index contributed by atoms with van der Waals surface area (Å²) in [7, 11) is 0. The van der Waals surface area contributed by atoms with Gasteiger partial charge in [0.25, 0.3) is 0 Å². The lowest BCUT2D eigenvalue weighted by Crippen LogP contribution is -2.41. The third-order valence-electron chi connectivity index (χ3n) is 6.75. The molecule has 0 unspecified atom stereocenters. The van der Waals surface area contributed by atoms with Gasteiger partial charge in [0.2, 0.25) is 0 Å². The molecule has 4 aromatic rings. The number of aromatic amines is 1. The van der Waals surface area contributed by atoms with Crippen LogP contribution in [-0.4, -0.2) is 49.7 Å². The van der Waals surface area contributed by atoms with E-state index in [0.717, 1.165) is 59.7 Å². The number of H-pyrrole nitrogens is 1. The molecule has 3 aromatic heterocycles. The fraction of sp³-hybridized carbons (Fsp3) is 0.462. The van der Waals surface area contributed by atoms with Crippen molar-refractivity contribution in [1.29, 1.82) is 0 Å². The number of rotatable bonds is 5. The van der Waals surface area contributed by atoms with E-state index in [0.29, 0.717) is 18.1 Å². The smallest absolute Gasteiger partial charge is 0.158 e. The van der Waals surface area contributed by atoms with Crippen LogP contribution in [0.2, 0.25) is 0 Å². The van der Waals surface area contributed by atoms with Gasteiger partial charge < -0.3 is 14.6 Å². The molecule has 0 atom stereocenters. The van der Waals surface area contributed by atoms with Gasteiger partial charge in [0.05, 0.1) is 5.69 Å². The zero-order valence-electron chi connectivity index (χ0n) is 19.7. The minimum Gasteiger partial charge on any atom is -0.490 e. The van der Waals surface area contributed by atoms with Gasteiger partial charge in [-0.3, -0.25) is 0 Å². The van der Waals surface area contributed by atoms with Crippen molar-refractivity contribution in [2.75, 3.05) is 13.1 Å². The molecule has 32 heavy (non-hydrogen) atoms. The van der Waals surface area contributed by atoms with Crippen molar-refractivity contribution in [2.24, 2.45) is 0 Å². The Morgan fingerprint density at radius 3 is 2.59 bits per heavy atom. The number of likely N-dealkylation sites (tertiary alicyclic amines) is 1. The van der Waals surface area contributed by atoms with Crippen LogP contribution < -0.4 is 4.74 Å². The Morgan fingerprint density at radius 1 is 1.09 bits per heavy atom. The predicted molar refractivity (Wildman–Crippen MR) is 129 cm³/mol. The maximum atomic E-state index is 6.44. The van der Waals surface area contributed by atoms with Crippen LogP contribution in [0.15, 0.2) is 36.8 Å². The molecule has 1 fully saturated rings. The summed E-state index contributed by atoms with van der Waals surface area (Å²) in [4.78, 5) is 10.6. The van der Waals surface area contributed by atoms with E-state index in [4.69, 9.17) is 4.74 Å². The average Bonchev–Trinajstić information content (AvgIpc) is 3.38. The molecule has 6 heteroatoms. The topological polar surface area (TPSA) is 58.5 Å². The number of hydrogen-bond acceptors (Lipinski definition) is 4. The number of ether oxygens (including phenoxy) is 1. The molecule has 0 aliphatic carbocycles. The SMILES string of the molecule is Cc1cc(-c2[nH]c3ccc(OC4CCN(C(C)C)CC4)cc3c2C(C)C)cn2ncnc12. The van der Waals surface area contributed by atoms with Gasteiger partial charge in [-0.15, -0.1) is 0 Å². The largest absolute Gasteiger partial charge is 0.490 e. The summed E-state index contributed by atoms with van der Waals surface area (Å²) >= 11 is 0. The van der Waals surface area contributed by atoms with Crippen molar-refractivity contribution >= 4 is 16.6 Å². The van der Waals surface area contributed by atoms with E-state index in [-0.39, 0.29) is 0 Å². The maximum absolute atomic E-state index is 6.44. The van der Waals surface area contributed by atoms with Crippen molar-refractivity contribution < 1.29 is 4.74 Å². The Balaban J connectivity index is 1.49. The first-order chi connectivity index (χ1) is 15.4. The van der Waals surface area contributed by atoms with Crippen LogP contribution in [-0.2, 0) is 0 Å². The summed E-state index contributed by atoms with van der Waals surface area (Å²) in [5, 5.41) is 5.60. The molecular weight excluding hydrogens is 398 g/mol. The highest BCUT2D eigenvalue weighted by molar-refractivity contribution is 5.92. The van der Waals surface area contributed by atoms with Crippen molar-refractivity contribution in [3.63, 3.8) is 0 Å². The second-order valence-electron chi connectivity index (χ2n) is 9.66. The van der Waals surface area contributed by atoms with Crippen LogP contribution in [0.5, 0.6) is 5.75 Å². The zero-order valence-corrected chi connectivity index (χ0v) is 19.7. The summed E-state index contributed by atoms with van der Waals surface area (Å²) in [5.41, 5.74) is 6.75. The number of nitrogens with zero attached hydrogens (tertiary/aromatic N) is 4. The summed E-state index contributed by atoms with van der Waals surface area (Å²) in [6, 6.07) is 9.29. The fourth-order valence-electron chi connectivity index (χ4n) is 5.03. The summed E-state index contributed by atoms with van der Waals surface area (Å²) in [6.07, 6.45) is 6.13. The first-order valence-corrected chi connectivity index (χ1v) is 11.8. The van der Waals surface area contributed by atoms with E-state index in [1.165, 1.54) is 10.9 Å². The molecular formula is C26H33N5O. The van der Waals surface area contributed by atoms with E-state index in [1.807, 2.05) is 4.52 Å². The Morgan fingerprint density at radius 2 is 1.88 bits per heavy atom. The molecule has 0 radical (unpaired) electrons. The molecule has 0 spiro atoms. The standard InChI is InChI=1S/C26H33N5O/c1-16(2)24-22-13-21(32-20-8-10-30(11-9-20)17(3)4)6-7-23(22)29-25(24)19-12-18(5)26-27-15-28-31(26)14-19/h6-7,12-17,20,29H,8-11H2,1-5H3. The number of aryl methyl sites for hydroxylation is 1. The maximum Gasteiger partial charge on any atom is 0.158 e. The van der Waals surface area contributed by atoms with Crippen molar-refractivity contribution in [3.05, 3.63) is 47.9 Å². The third kappa shape index (κ3) is 3.77. The van der Waals surface area contributed by atoms with Gasteiger partial charge in [-0.2, -0.15) is 5.10 Å². The normalized spacial score (nSPS) is 16.1. The van der Waals surface area contributed by atoms with E-state index in [1.54, 1.807) is 6.33 Å². The third-order valence-corrected chi connectivity index (χ3v) is 6.75. The molecule has 1 aromatic carbocycles. The first-order valence-electron chi connectivity index (χ1n) is 11.8. The minimum atomic E-state index is 0.292. The monoisotopic (exact) mass is 431 g/mol. The number of nitrogens with one attached hydrogen (secondary N) is 1. The quantitative estimate of drug-likeness (QED) is 0.449. The van der Waals surface area contributed by atoms with Gasteiger partial charge in [0, 0.05) is 41.8 Å². The lowest BCUT2D eigenvalue weighted by atomic mass is 9.96. The number of benzene rings is 1. The zero-order chi connectivity index (χ0) is 22.4. The second kappa shape index (κ2) is 8.24. The van der Waals surface area contributed by atoms with E-state index >= 15 is 0 Å². The lowest BCUT2D eigenvalue weighted by Gasteiger charge is -2.34. The van der Waals surface area contributed by atoms with E-state index in [9.17, 15) is 0 Å². The Labute approximate surface area is 189 Å².